The molecule has 0 aliphatic carbocycles. The molecular weight excluding hydrogens is 200 g/mol. The van der Waals surface area contributed by atoms with Crippen LogP contribution in [0.5, 0.6) is 0 Å². The molecule has 16 heavy (non-hydrogen) atoms. The van der Waals surface area contributed by atoms with Crippen molar-refractivity contribution in [3.8, 4) is 0 Å². The number of esters is 1. The lowest BCUT2D eigenvalue weighted by Gasteiger charge is -2.09. The minimum atomic E-state index is -0.0178. The van der Waals surface area contributed by atoms with Crippen LogP contribution in [0.25, 0.3) is 0 Å². The molecule has 0 heterocycles. The van der Waals surface area contributed by atoms with E-state index in [4.69, 9.17) is 4.74 Å². The molecule has 2 nitrogen and oxygen atoms in total. The van der Waals surface area contributed by atoms with Crippen molar-refractivity contribution >= 4 is 5.97 Å². The van der Waals surface area contributed by atoms with Crippen LogP contribution in [-0.4, -0.2) is 12.6 Å². The molecule has 96 valence electrons. The molecule has 0 saturated heterocycles. The summed E-state index contributed by atoms with van der Waals surface area (Å²) < 4.78 is 5.18. The van der Waals surface area contributed by atoms with Gasteiger partial charge in [-0.1, -0.05) is 59.3 Å². The van der Waals surface area contributed by atoms with Crippen LogP contribution in [-0.2, 0) is 9.53 Å². The number of hydrogen-bond donors (Lipinski definition) is 0. The average Bonchev–Trinajstić information content (AvgIpc) is 2.30. The molecule has 0 aliphatic rings. The highest BCUT2D eigenvalue weighted by atomic mass is 16.5. The minimum absolute atomic E-state index is 0.0178. The van der Waals surface area contributed by atoms with E-state index in [1.54, 1.807) is 0 Å². The number of ether oxygens (including phenoxy) is 1. The fourth-order valence-electron chi connectivity index (χ4n) is 1.47. The van der Waals surface area contributed by atoms with E-state index < -0.39 is 0 Å². The summed E-state index contributed by atoms with van der Waals surface area (Å²) in [5, 5.41) is 0. The van der Waals surface area contributed by atoms with E-state index in [0.717, 1.165) is 12.8 Å². The first-order chi connectivity index (χ1) is 7.70. The zero-order chi connectivity index (χ0) is 12.2. The Labute approximate surface area is 101 Å². The molecule has 0 N–H and O–H groups in total. The van der Waals surface area contributed by atoms with Crippen LogP contribution >= 0.6 is 0 Å². The van der Waals surface area contributed by atoms with Crippen LogP contribution in [0.2, 0.25) is 0 Å². The van der Waals surface area contributed by atoms with Crippen LogP contribution in [0.15, 0.2) is 0 Å². The third-order valence-electron chi connectivity index (χ3n) is 2.96. The predicted octanol–water partition coefficient (Wildman–Crippen LogP) is 4.33. The van der Waals surface area contributed by atoms with E-state index in [1.807, 2.05) is 0 Å². The molecule has 0 amide bonds. The highest BCUT2D eigenvalue weighted by Gasteiger charge is 2.05. The van der Waals surface area contributed by atoms with Gasteiger partial charge in [0.05, 0.1) is 6.61 Å². The van der Waals surface area contributed by atoms with Gasteiger partial charge >= 0.3 is 5.97 Å². The summed E-state index contributed by atoms with van der Waals surface area (Å²) in [7, 11) is 0. The summed E-state index contributed by atoms with van der Waals surface area (Å²) >= 11 is 0. The summed E-state index contributed by atoms with van der Waals surface area (Å²) in [5.74, 6) is 0.476. The lowest BCUT2D eigenvalue weighted by atomic mass is 10.1. The molecule has 0 saturated carbocycles. The molecule has 0 aromatic heterocycles. The first kappa shape index (κ1) is 15.5. The quantitative estimate of drug-likeness (QED) is 0.411. The Morgan fingerprint density at radius 2 is 1.69 bits per heavy atom. The summed E-state index contributed by atoms with van der Waals surface area (Å²) in [5.41, 5.74) is 0. The first-order valence-electron chi connectivity index (χ1n) is 6.86. The molecule has 0 spiro atoms. The largest absolute Gasteiger partial charge is 0.465 e. The molecule has 0 radical (unpaired) electrons. The molecule has 1 atom stereocenters. The fourth-order valence-corrected chi connectivity index (χ4v) is 1.47. The molecule has 0 bridgehead atoms. The molecule has 0 aliphatic heterocycles. The topological polar surface area (TPSA) is 26.3 Å². The standard InChI is InChI=1S/C14H28O2/c1-4-6-7-8-9-10-11-14(15)16-12-13(3)5-2/h13H,4-12H2,1-3H3/t13-/m0/s1. The third kappa shape index (κ3) is 10.0. The zero-order valence-corrected chi connectivity index (χ0v) is 11.3. The van der Waals surface area contributed by atoms with E-state index in [1.165, 1.54) is 32.1 Å². The Bertz CT molecular complexity index is 166. The summed E-state index contributed by atoms with van der Waals surface area (Å²) in [6.45, 7) is 7.03. The van der Waals surface area contributed by atoms with Gasteiger partial charge in [-0.3, -0.25) is 4.79 Å². The van der Waals surface area contributed by atoms with Gasteiger partial charge in [-0.2, -0.15) is 0 Å². The fraction of sp³-hybridized carbons (Fsp3) is 0.929. The average molecular weight is 228 g/mol. The van der Waals surface area contributed by atoms with Crippen molar-refractivity contribution in [3.05, 3.63) is 0 Å². The van der Waals surface area contributed by atoms with Crippen molar-refractivity contribution < 1.29 is 9.53 Å². The second kappa shape index (κ2) is 11.0. The second-order valence-electron chi connectivity index (χ2n) is 4.71. The maximum absolute atomic E-state index is 11.3. The predicted molar refractivity (Wildman–Crippen MR) is 68.4 cm³/mol. The lowest BCUT2D eigenvalue weighted by molar-refractivity contribution is -0.145. The molecule has 0 aromatic carbocycles. The van der Waals surface area contributed by atoms with Crippen LogP contribution in [0.4, 0.5) is 0 Å². The van der Waals surface area contributed by atoms with E-state index in [0.29, 0.717) is 18.9 Å². The van der Waals surface area contributed by atoms with Gasteiger partial charge in [-0.05, 0) is 12.3 Å². The van der Waals surface area contributed by atoms with Gasteiger partial charge in [0.2, 0.25) is 0 Å². The second-order valence-corrected chi connectivity index (χ2v) is 4.71. The molecule has 0 fully saturated rings. The Morgan fingerprint density at radius 3 is 2.31 bits per heavy atom. The molecular formula is C14H28O2. The molecule has 0 unspecified atom stereocenters. The van der Waals surface area contributed by atoms with Gasteiger partial charge in [0.25, 0.3) is 0 Å². The van der Waals surface area contributed by atoms with Crippen molar-refractivity contribution in [3.63, 3.8) is 0 Å². The van der Waals surface area contributed by atoms with Crippen molar-refractivity contribution in [2.24, 2.45) is 5.92 Å². The number of hydrogen-bond acceptors (Lipinski definition) is 2. The smallest absolute Gasteiger partial charge is 0.305 e. The molecule has 2 heteroatoms. The van der Waals surface area contributed by atoms with Gasteiger partial charge in [-0.25, -0.2) is 0 Å². The highest BCUT2D eigenvalue weighted by Crippen LogP contribution is 2.08. The Balaban J connectivity index is 3.24. The van der Waals surface area contributed by atoms with Crippen LogP contribution in [0.3, 0.4) is 0 Å². The van der Waals surface area contributed by atoms with E-state index >= 15 is 0 Å². The number of carbonyl (C=O) groups is 1. The maximum Gasteiger partial charge on any atom is 0.305 e. The highest BCUT2D eigenvalue weighted by molar-refractivity contribution is 5.69. The number of rotatable bonds is 10. The molecule has 0 aromatic rings. The lowest BCUT2D eigenvalue weighted by Crippen LogP contribution is -2.11. The van der Waals surface area contributed by atoms with Gasteiger partial charge in [0, 0.05) is 6.42 Å². The summed E-state index contributed by atoms with van der Waals surface area (Å²) in [6.07, 6.45) is 8.98. The zero-order valence-electron chi connectivity index (χ0n) is 11.3. The minimum Gasteiger partial charge on any atom is -0.465 e. The van der Waals surface area contributed by atoms with Crippen LogP contribution in [0.1, 0.15) is 72.1 Å². The number of unbranched alkanes of at least 4 members (excludes halogenated alkanes) is 5. The van der Waals surface area contributed by atoms with Gasteiger partial charge in [0.1, 0.15) is 0 Å². The monoisotopic (exact) mass is 228 g/mol. The van der Waals surface area contributed by atoms with E-state index in [-0.39, 0.29) is 5.97 Å². The van der Waals surface area contributed by atoms with Crippen molar-refractivity contribution in [2.45, 2.75) is 72.1 Å². The Kier molecular flexibility index (Phi) is 10.6. The molecule has 0 rings (SSSR count). The van der Waals surface area contributed by atoms with Crippen molar-refractivity contribution in [1.82, 2.24) is 0 Å². The van der Waals surface area contributed by atoms with Crippen molar-refractivity contribution in [2.75, 3.05) is 6.61 Å². The maximum atomic E-state index is 11.3. The van der Waals surface area contributed by atoms with E-state index in [2.05, 4.69) is 20.8 Å². The van der Waals surface area contributed by atoms with Crippen molar-refractivity contribution in [1.29, 1.82) is 0 Å². The van der Waals surface area contributed by atoms with E-state index in [9.17, 15) is 4.79 Å². The Morgan fingerprint density at radius 1 is 1.06 bits per heavy atom. The van der Waals surface area contributed by atoms with Crippen LogP contribution < -0.4 is 0 Å². The van der Waals surface area contributed by atoms with Gasteiger partial charge < -0.3 is 4.74 Å². The van der Waals surface area contributed by atoms with Gasteiger partial charge in [0.15, 0.2) is 0 Å². The summed E-state index contributed by atoms with van der Waals surface area (Å²) in [4.78, 5) is 11.3. The number of carbonyl (C=O) groups excluding carboxylic acids is 1. The van der Waals surface area contributed by atoms with Crippen LogP contribution in [0, 0.1) is 5.92 Å². The third-order valence-corrected chi connectivity index (χ3v) is 2.96. The SMILES string of the molecule is CCCCCCCCC(=O)OC[C@@H](C)CC. The Hall–Kier alpha value is -0.530. The normalized spacial score (nSPS) is 12.4. The summed E-state index contributed by atoms with van der Waals surface area (Å²) in [6, 6.07) is 0. The first-order valence-corrected chi connectivity index (χ1v) is 6.86. The van der Waals surface area contributed by atoms with Gasteiger partial charge in [-0.15, -0.1) is 0 Å².